The standard InChI is InChI=1S/C18H30O2/c1-8-20-16(18(5,6)7)15(19)13-9-11-14(12-10-13)17(2,3)4/h9-12,15-16,19H,8H2,1-7H3. The van der Waals surface area contributed by atoms with E-state index in [0.717, 1.165) is 5.56 Å². The molecule has 0 bridgehead atoms. The molecule has 114 valence electrons. The zero-order valence-electron chi connectivity index (χ0n) is 14.0. The van der Waals surface area contributed by atoms with Gasteiger partial charge >= 0.3 is 0 Å². The van der Waals surface area contributed by atoms with Crippen LogP contribution in [0, 0.1) is 5.41 Å². The van der Waals surface area contributed by atoms with E-state index in [1.165, 1.54) is 5.56 Å². The van der Waals surface area contributed by atoms with Gasteiger partial charge in [0.2, 0.25) is 0 Å². The molecule has 0 aliphatic carbocycles. The summed E-state index contributed by atoms with van der Waals surface area (Å²) in [6.45, 7) is 15.4. The summed E-state index contributed by atoms with van der Waals surface area (Å²) >= 11 is 0. The van der Waals surface area contributed by atoms with Gasteiger partial charge in [-0.1, -0.05) is 65.8 Å². The Morgan fingerprint density at radius 2 is 1.50 bits per heavy atom. The summed E-state index contributed by atoms with van der Waals surface area (Å²) in [6, 6.07) is 8.24. The molecule has 2 nitrogen and oxygen atoms in total. The van der Waals surface area contributed by atoms with Crippen LogP contribution in [0.2, 0.25) is 0 Å². The molecule has 0 saturated heterocycles. The van der Waals surface area contributed by atoms with Gasteiger partial charge in [0, 0.05) is 6.61 Å². The Kier molecular flexibility index (Phi) is 5.39. The van der Waals surface area contributed by atoms with Crippen LogP contribution in [0.4, 0.5) is 0 Å². The molecule has 0 spiro atoms. The van der Waals surface area contributed by atoms with Gasteiger partial charge in [-0.15, -0.1) is 0 Å². The number of hydrogen-bond donors (Lipinski definition) is 1. The Labute approximate surface area is 124 Å². The highest BCUT2D eigenvalue weighted by atomic mass is 16.5. The molecule has 2 atom stereocenters. The summed E-state index contributed by atoms with van der Waals surface area (Å²) in [5, 5.41) is 10.6. The first-order chi connectivity index (χ1) is 9.07. The van der Waals surface area contributed by atoms with E-state index in [1.54, 1.807) is 0 Å². The molecule has 2 heteroatoms. The maximum atomic E-state index is 10.6. The largest absolute Gasteiger partial charge is 0.386 e. The molecular formula is C18H30O2. The lowest BCUT2D eigenvalue weighted by Gasteiger charge is -2.34. The maximum Gasteiger partial charge on any atom is 0.106 e. The quantitative estimate of drug-likeness (QED) is 0.880. The average molecular weight is 278 g/mol. The summed E-state index contributed by atoms with van der Waals surface area (Å²) in [5.74, 6) is 0. The Morgan fingerprint density at radius 1 is 1.00 bits per heavy atom. The van der Waals surface area contributed by atoms with E-state index in [1.807, 2.05) is 19.1 Å². The molecule has 1 aromatic rings. The van der Waals surface area contributed by atoms with Crippen LogP contribution < -0.4 is 0 Å². The minimum Gasteiger partial charge on any atom is -0.386 e. The van der Waals surface area contributed by atoms with Crippen molar-refractivity contribution in [2.45, 2.75) is 66.1 Å². The SMILES string of the molecule is CCOC(C(O)c1ccc(C(C)(C)C)cc1)C(C)(C)C. The van der Waals surface area contributed by atoms with Crippen LogP contribution in [-0.4, -0.2) is 17.8 Å². The number of aliphatic hydroxyl groups is 1. The lowest BCUT2D eigenvalue weighted by Crippen LogP contribution is -2.35. The van der Waals surface area contributed by atoms with E-state index in [4.69, 9.17) is 4.74 Å². The van der Waals surface area contributed by atoms with Crippen molar-refractivity contribution >= 4 is 0 Å². The molecule has 0 aliphatic rings. The van der Waals surface area contributed by atoms with Gasteiger partial charge in [-0.3, -0.25) is 0 Å². The lowest BCUT2D eigenvalue weighted by atomic mass is 9.82. The van der Waals surface area contributed by atoms with Crippen LogP contribution >= 0.6 is 0 Å². The maximum absolute atomic E-state index is 10.6. The fourth-order valence-electron chi connectivity index (χ4n) is 2.35. The zero-order chi connectivity index (χ0) is 15.6. The Morgan fingerprint density at radius 3 is 1.85 bits per heavy atom. The second-order valence-corrected chi connectivity index (χ2v) is 7.56. The van der Waals surface area contributed by atoms with E-state index in [2.05, 4.69) is 53.7 Å². The molecule has 0 amide bonds. The van der Waals surface area contributed by atoms with Gasteiger partial charge in [0.05, 0.1) is 6.10 Å². The van der Waals surface area contributed by atoms with Crippen molar-refractivity contribution < 1.29 is 9.84 Å². The van der Waals surface area contributed by atoms with Crippen LogP contribution in [0.15, 0.2) is 24.3 Å². The minimum absolute atomic E-state index is 0.0991. The van der Waals surface area contributed by atoms with Crippen LogP contribution in [-0.2, 0) is 10.2 Å². The number of rotatable bonds is 4. The van der Waals surface area contributed by atoms with Crippen molar-refractivity contribution in [3.05, 3.63) is 35.4 Å². The van der Waals surface area contributed by atoms with Crippen molar-refractivity contribution in [1.82, 2.24) is 0 Å². The van der Waals surface area contributed by atoms with Crippen molar-refractivity contribution in [3.63, 3.8) is 0 Å². The predicted octanol–water partition coefficient (Wildman–Crippen LogP) is 4.47. The molecule has 2 unspecified atom stereocenters. The molecule has 0 saturated carbocycles. The highest BCUT2D eigenvalue weighted by molar-refractivity contribution is 5.29. The lowest BCUT2D eigenvalue weighted by molar-refractivity contribution is -0.0898. The smallest absolute Gasteiger partial charge is 0.106 e. The van der Waals surface area contributed by atoms with Crippen LogP contribution in [0.5, 0.6) is 0 Å². The molecule has 20 heavy (non-hydrogen) atoms. The molecule has 0 aromatic heterocycles. The van der Waals surface area contributed by atoms with Crippen molar-refractivity contribution in [2.24, 2.45) is 5.41 Å². The fourth-order valence-corrected chi connectivity index (χ4v) is 2.35. The van der Waals surface area contributed by atoms with Gasteiger partial charge in [-0.25, -0.2) is 0 Å². The normalized spacial score (nSPS) is 16.0. The first-order valence-electron chi connectivity index (χ1n) is 7.47. The second-order valence-electron chi connectivity index (χ2n) is 7.56. The summed E-state index contributed by atoms with van der Waals surface area (Å²) in [7, 11) is 0. The van der Waals surface area contributed by atoms with Gasteiger partial charge < -0.3 is 9.84 Å². The third-order valence-electron chi connectivity index (χ3n) is 3.60. The monoisotopic (exact) mass is 278 g/mol. The van der Waals surface area contributed by atoms with Crippen molar-refractivity contribution in [3.8, 4) is 0 Å². The van der Waals surface area contributed by atoms with E-state index in [9.17, 15) is 5.11 Å². The third-order valence-corrected chi connectivity index (χ3v) is 3.60. The fraction of sp³-hybridized carbons (Fsp3) is 0.667. The number of hydrogen-bond acceptors (Lipinski definition) is 2. The topological polar surface area (TPSA) is 29.5 Å². The first kappa shape index (κ1) is 17.2. The molecule has 1 N–H and O–H groups in total. The van der Waals surface area contributed by atoms with Gasteiger partial charge in [0.15, 0.2) is 0 Å². The average Bonchev–Trinajstić information content (AvgIpc) is 2.33. The summed E-state index contributed by atoms with van der Waals surface area (Å²) in [5.41, 5.74) is 2.23. The molecule has 0 fully saturated rings. The Hall–Kier alpha value is -0.860. The Balaban J connectivity index is 2.98. The van der Waals surface area contributed by atoms with Crippen molar-refractivity contribution in [2.75, 3.05) is 6.61 Å². The minimum atomic E-state index is -0.594. The third kappa shape index (κ3) is 4.32. The number of ether oxygens (including phenoxy) is 1. The molecule has 0 aliphatic heterocycles. The number of benzene rings is 1. The summed E-state index contributed by atoms with van der Waals surface area (Å²) < 4.78 is 5.77. The highest BCUT2D eigenvalue weighted by Crippen LogP contribution is 2.33. The van der Waals surface area contributed by atoms with Crippen LogP contribution in [0.25, 0.3) is 0 Å². The molecule has 1 rings (SSSR count). The van der Waals surface area contributed by atoms with Crippen LogP contribution in [0.3, 0.4) is 0 Å². The molecular weight excluding hydrogens is 248 g/mol. The van der Waals surface area contributed by atoms with Gasteiger partial charge in [0.25, 0.3) is 0 Å². The Bertz CT molecular complexity index is 407. The molecule has 0 heterocycles. The van der Waals surface area contributed by atoms with Gasteiger partial charge in [-0.2, -0.15) is 0 Å². The van der Waals surface area contributed by atoms with Crippen LogP contribution in [0.1, 0.15) is 65.7 Å². The van der Waals surface area contributed by atoms with Crippen molar-refractivity contribution in [1.29, 1.82) is 0 Å². The highest BCUT2D eigenvalue weighted by Gasteiger charge is 2.32. The van der Waals surface area contributed by atoms with E-state index in [-0.39, 0.29) is 16.9 Å². The number of aliphatic hydroxyl groups excluding tert-OH is 1. The second kappa shape index (κ2) is 6.28. The first-order valence-corrected chi connectivity index (χ1v) is 7.47. The van der Waals surface area contributed by atoms with E-state index in [0.29, 0.717) is 6.61 Å². The van der Waals surface area contributed by atoms with E-state index < -0.39 is 6.10 Å². The summed E-state index contributed by atoms with van der Waals surface area (Å²) in [4.78, 5) is 0. The molecule has 0 radical (unpaired) electrons. The molecule has 1 aromatic carbocycles. The predicted molar refractivity (Wildman–Crippen MR) is 85.0 cm³/mol. The van der Waals surface area contributed by atoms with Gasteiger partial charge in [-0.05, 0) is 28.9 Å². The summed E-state index contributed by atoms with van der Waals surface area (Å²) in [6.07, 6.45) is -0.794. The zero-order valence-corrected chi connectivity index (χ0v) is 14.0. The van der Waals surface area contributed by atoms with E-state index >= 15 is 0 Å². The van der Waals surface area contributed by atoms with Gasteiger partial charge in [0.1, 0.15) is 6.10 Å².